The lowest BCUT2D eigenvalue weighted by Gasteiger charge is -2.65. The molecule has 7 rings (SSSR count). The van der Waals surface area contributed by atoms with E-state index >= 15 is 0 Å². The van der Waals surface area contributed by atoms with Crippen molar-refractivity contribution in [3.8, 4) is 0 Å². The molecule has 9 nitrogen and oxygen atoms in total. The first-order valence-corrected chi connectivity index (χ1v) is 16.3. The highest BCUT2D eigenvalue weighted by molar-refractivity contribution is 5.71. The average molecular weight is 591 g/mol. The van der Waals surface area contributed by atoms with Gasteiger partial charge in [0.05, 0.1) is 12.7 Å². The lowest BCUT2D eigenvalue weighted by atomic mass is 9.41. The van der Waals surface area contributed by atoms with Crippen LogP contribution in [0.3, 0.4) is 0 Å². The van der Waals surface area contributed by atoms with Crippen LogP contribution in [-0.4, -0.2) is 76.8 Å². The maximum Gasteiger partial charge on any atom is 0.306 e. The van der Waals surface area contributed by atoms with Gasteiger partial charge >= 0.3 is 11.9 Å². The fraction of sp³-hybridized carbons (Fsp3) is 0.939. The average Bonchev–Trinajstić information content (AvgIpc) is 3.48. The molecule has 3 N–H and O–H groups in total. The molecule has 0 aromatic heterocycles. The van der Waals surface area contributed by atoms with E-state index in [9.17, 15) is 24.9 Å². The molecule has 2 spiro atoms. The van der Waals surface area contributed by atoms with Gasteiger partial charge < -0.3 is 34.3 Å². The number of hydrogen-bond acceptors (Lipinski definition) is 9. The van der Waals surface area contributed by atoms with Crippen LogP contribution in [0.4, 0.5) is 0 Å². The van der Waals surface area contributed by atoms with Gasteiger partial charge in [0.1, 0.15) is 30.5 Å². The van der Waals surface area contributed by atoms with Gasteiger partial charge in [0.2, 0.25) is 0 Å². The van der Waals surface area contributed by atoms with Crippen molar-refractivity contribution < 1.29 is 43.9 Å². The molecule has 236 valence electrons. The van der Waals surface area contributed by atoms with E-state index in [1.54, 1.807) is 0 Å². The Morgan fingerprint density at radius 1 is 0.952 bits per heavy atom. The number of esters is 2. The second kappa shape index (κ2) is 9.15. The first-order chi connectivity index (χ1) is 19.6. The lowest BCUT2D eigenvalue weighted by Crippen LogP contribution is -2.63. The number of aliphatic hydroxyl groups excluding tert-OH is 3. The Morgan fingerprint density at radius 3 is 2.38 bits per heavy atom. The zero-order valence-corrected chi connectivity index (χ0v) is 26.0. The highest BCUT2D eigenvalue weighted by atomic mass is 16.7. The number of ether oxygens (including phenoxy) is 4. The summed E-state index contributed by atoms with van der Waals surface area (Å²) < 4.78 is 24.5. The molecule has 2 saturated heterocycles. The van der Waals surface area contributed by atoms with Gasteiger partial charge in [0.25, 0.3) is 0 Å². The minimum absolute atomic E-state index is 0.0639. The number of carbonyl (C=O) groups excluding carboxylic acids is 2. The minimum Gasteiger partial charge on any atom is -0.462 e. The van der Waals surface area contributed by atoms with Gasteiger partial charge in [-0.2, -0.15) is 0 Å². The quantitative estimate of drug-likeness (QED) is 0.334. The monoisotopic (exact) mass is 590 g/mol. The van der Waals surface area contributed by atoms with Crippen LogP contribution in [-0.2, 0) is 28.5 Å². The summed E-state index contributed by atoms with van der Waals surface area (Å²) in [5, 5.41) is 30.7. The van der Waals surface area contributed by atoms with E-state index < -0.39 is 24.6 Å². The molecule has 3 unspecified atom stereocenters. The van der Waals surface area contributed by atoms with Crippen LogP contribution in [0.15, 0.2) is 0 Å². The summed E-state index contributed by atoms with van der Waals surface area (Å²) in [6.45, 7) is 12.9. The Labute approximate surface area is 249 Å². The molecule has 0 radical (unpaired) electrons. The molecule has 2 heterocycles. The van der Waals surface area contributed by atoms with E-state index in [4.69, 9.17) is 18.9 Å². The molecule has 7 fully saturated rings. The SMILES string of the molecule is CC(=O)O[C@@H]1C[C@@]23C[C@@]24CC[C@H](O[C@@H]2OC[C@@H](O)[C@H](O)[C@H]2O)C(C)(C)C4CCC3[C@]2(C)C[C@@H]3OC(=O)C[C@@H](C)C3[C@@]12C. The summed E-state index contributed by atoms with van der Waals surface area (Å²) in [5.74, 6) is 0.869. The maximum absolute atomic E-state index is 12.6. The largest absolute Gasteiger partial charge is 0.462 e. The van der Waals surface area contributed by atoms with Gasteiger partial charge in [-0.1, -0.05) is 34.6 Å². The summed E-state index contributed by atoms with van der Waals surface area (Å²) in [5.41, 5.74) is -0.411. The number of fused-ring (bicyclic) bond motifs is 4. The van der Waals surface area contributed by atoms with E-state index in [2.05, 4.69) is 34.6 Å². The van der Waals surface area contributed by atoms with E-state index in [0.29, 0.717) is 18.3 Å². The van der Waals surface area contributed by atoms with Crippen LogP contribution >= 0.6 is 0 Å². The van der Waals surface area contributed by atoms with E-state index in [1.807, 2.05) is 0 Å². The van der Waals surface area contributed by atoms with Crippen molar-refractivity contribution in [1.29, 1.82) is 0 Å². The van der Waals surface area contributed by atoms with Crippen molar-refractivity contribution in [2.24, 2.45) is 50.7 Å². The highest BCUT2D eigenvalue weighted by Gasteiger charge is 2.85. The zero-order valence-electron chi connectivity index (χ0n) is 26.0. The van der Waals surface area contributed by atoms with Gasteiger partial charge in [-0.25, -0.2) is 0 Å². The number of rotatable bonds is 3. The molecule has 0 aromatic rings. The van der Waals surface area contributed by atoms with Crippen LogP contribution in [0.1, 0.15) is 92.9 Å². The Morgan fingerprint density at radius 2 is 1.67 bits per heavy atom. The molecule has 42 heavy (non-hydrogen) atoms. The summed E-state index contributed by atoms with van der Waals surface area (Å²) in [7, 11) is 0. The summed E-state index contributed by atoms with van der Waals surface area (Å²) >= 11 is 0. The molecule has 0 amide bonds. The third-order valence-corrected chi connectivity index (χ3v) is 14.5. The van der Waals surface area contributed by atoms with E-state index in [0.717, 1.165) is 44.9 Å². The standard InChI is InChI=1S/C33H50O9/c1-16-11-24(36)41-19-12-30(5)21-8-7-20-29(3,4)22(42-28-27(38)26(37)18(35)14-39-28)9-10-32(20)15-33(21,32)13-23(40-17(2)34)31(30,6)25(16)19/h16,18-23,25-28,35,37-38H,7-15H2,1-6H3/t16-,18-,19+,20?,21?,22+,23-,25?,26+,27-,28+,30+,31-,32-,33+/m1/s1. The predicted molar refractivity (Wildman–Crippen MR) is 149 cm³/mol. The van der Waals surface area contributed by atoms with Crippen molar-refractivity contribution >= 4 is 11.9 Å². The third kappa shape index (κ3) is 3.55. The Kier molecular flexibility index (Phi) is 6.42. The molecule has 9 heteroatoms. The van der Waals surface area contributed by atoms with E-state index in [-0.39, 0.29) is 75.8 Å². The fourth-order valence-corrected chi connectivity index (χ4v) is 12.8. The molecule has 5 aliphatic carbocycles. The Bertz CT molecular complexity index is 1160. The molecule has 0 bridgehead atoms. The third-order valence-electron chi connectivity index (χ3n) is 14.5. The zero-order chi connectivity index (χ0) is 30.2. The molecular formula is C33H50O9. The van der Waals surface area contributed by atoms with Gasteiger partial charge in [-0.05, 0) is 84.4 Å². The van der Waals surface area contributed by atoms with Crippen molar-refractivity contribution in [1.82, 2.24) is 0 Å². The second-order valence-electron chi connectivity index (χ2n) is 16.3. The normalized spacial score (nSPS) is 57.5. The highest BCUT2D eigenvalue weighted by Crippen LogP contribution is 2.89. The second-order valence-corrected chi connectivity index (χ2v) is 16.3. The van der Waals surface area contributed by atoms with Gasteiger partial charge in [0.15, 0.2) is 6.29 Å². The van der Waals surface area contributed by atoms with Crippen molar-refractivity contribution in [2.45, 2.75) is 136 Å². The molecular weight excluding hydrogens is 540 g/mol. The van der Waals surface area contributed by atoms with Crippen molar-refractivity contribution in [3.05, 3.63) is 0 Å². The molecule has 15 atom stereocenters. The van der Waals surface area contributed by atoms with Crippen LogP contribution in [0.5, 0.6) is 0 Å². The van der Waals surface area contributed by atoms with Gasteiger partial charge in [-0.3, -0.25) is 9.59 Å². The van der Waals surface area contributed by atoms with Gasteiger partial charge in [-0.15, -0.1) is 0 Å². The first-order valence-electron chi connectivity index (χ1n) is 16.3. The molecule has 5 saturated carbocycles. The van der Waals surface area contributed by atoms with E-state index in [1.165, 1.54) is 6.92 Å². The van der Waals surface area contributed by atoms with Gasteiger partial charge in [0, 0.05) is 24.7 Å². The molecule has 7 aliphatic rings. The number of hydrogen-bond donors (Lipinski definition) is 3. The topological polar surface area (TPSA) is 132 Å². The molecule has 0 aromatic carbocycles. The van der Waals surface area contributed by atoms with Crippen molar-refractivity contribution in [2.75, 3.05) is 6.61 Å². The Hall–Kier alpha value is -1.26. The van der Waals surface area contributed by atoms with Crippen molar-refractivity contribution in [3.63, 3.8) is 0 Å². The predicted octanol–water partition coefficient (Wildman–Crippen LogP) is 3.35. The first kappa shape index (κ1) is 29.5. The summed E-state index contributed by atoms with van der Waals surface area (Å²) in [6, 6.07) is 0. The molecule has 2 aliphatic heterocycles. The summed E-state index contributed by atoms with van der Waals surface area (Å²) in [4.78, 5) is 25.2. The minimum atomic E-state index is -1.30. The maximum atomic E-state index is 12.6. The van der Waals surface area contributed by atoms with Crippen LogP contribution < -0.4 is 0 Å². The van der Waals surface area contributed by atoms with Crippen LogP contribution in [0.25, 0.3) is 0 Å². The fourth-order valence-electron chi connectivity index (χ4n) is 12.8. The number of aliphatic hydroxyl groups is 3. The smallest absolute Gasteiger partial charge is 0.306 e. The Balaban J connectivity index is 1.21. The number of carbonyl (C=O) groups is 2. The van der Waals surface area contributed by atoms with Crippen LogP contribution in [0, 0.1) is 50.7 Å². The van der Waals surface area contributed by atoms with Crippen LogP contribution in [0.2, 0.25) is 0 Å². The summed E-state index contributed by atoms with van der Waals surface area (Å²) in [6.07, 6.45) is 1.99. The lowest BCUT2D eigenvalue weighted by molar-refractivity contribution is -0.303.